The van der Waals surface area contributed by atoms with Gasteiger partial charge >= 0.3 is 0 Å². The van der Waals surface area contributed by atoms with Crippen molar-refractivity contribution in [3.05, 3.63) is 0 Å². The molecule has 73 valence electrons. The van der Waals surface area contributed by atoms with E-state index in [1.54, 1.807) is 0 Å². The number of hydrogen-bond donors (Lipinski definition) is 0. The first-order valence-electron chi connectivity index (χ1n) is 4.00. The van der Waals surface area contributed by atoms with Crippen LogP contribution in [0.3, 0.4) is 0 Å². The monoisotopic (exact) mass is 315 g/mol. The molecular formula is C9H16O2Tb. The number of rotatable bonds is 4. The summed E-state index contributed by atoms with van der Waals surface area (Å²) in [4.78, 5) is 22.1. The van der Waals surface area contributed by atoms with Crippen LogP contribution in [0.1, 0.15) is 34.1 Å². The predicted octanol–water partition coefficient (Wildman–Crippen LogP) is 1.83. The summed E-state index contributed by atoms with van der Waals surface area (Å²) in [6.07, 6.45) is 0.106. The van der Waals surface area contributed by atoms with Gasteiger partial charge in [0.05, 0.1) is 6.42 Å². The van der Waals surface area contributed by atoms with Gasteiger partial charge in [0.25, 0.3) is 0 Å². The Hall–Kier alpha value is 0.626. The Labute approximate surface area is 105 Å². The fourth-order valence-corrected chi connectivity index (χ4v) is 0.580. The van der Waals surface area contributed by atoms with Crippen molar-refractivity contribution in [2.75, 3.05) is 0 Å². The van der Waals surface area contributed by atoms with Gasteiger partial charge in [-0.1, -0.05) is 27.7 Å². The molecule has 0 aromatic rings. The van der Waals surface area contributed by atoms with Crippen molar-refractivity contribution in [1.29, 1.82) is 0 Å². The molecular weight excluding hydrogens is 299 g/mol. The fraction of sp³-hybridized carbons (Fsp3) is 0.778. The Morgan fingerprint density at radius 1 is 0.917 bits per heavy atom. The molecule has 3 heteroatoms. The van der Waals surface area contributed by atoms with E-state index in [-0.39, 0.29) is 68.4 Å². The number of hydrogen-bond acceptors (Lipinski definition) is 2. The molecule has 0 bridgehead atoms. The zero-order valence-corrected chi connectivity index (χ0v) is 10.2. The van der Waals surface area contributed by atoms with Gasteiger partial charge in [0, 0.05) is 50.4 Å². The second kappa shape index (κ2) is 7.07. The summed E-state index contributed by atoms with van der Waals surface area (Å²) in [5.41, 5.74) is 0. The van der Waals surface area contributed by atoms with E-state index >= 15 is 0 Å². The minimum absolute atomic E-state index is 0. The van der Waals surface area contributed by atoms with Crippen molar-refractivity contribution in [2.24, 2.45) is 11.8 Å². The fourth-order valence-electron chi connectivity index (χ4n) is 0.580. The molecule has 0 unspecified atom stereocenters. The molecule has 0 aromatic carbocycles. The Morgan fingerprint density at radius 3 is 1.33 bits per heavy atom. The Morgan fingerprint density at radius 2 is 1.17 bits per heavy atom. The molecule has 0 atom stereocenters. The first-order chi connectivity index (χ1) is 4.95. The number of Topliss-reactive ketones (excluding diaryl/α,β-unsaturated/α-hetero) is 2. The second-order valence-corrected chi connectivity index (χ2v) is 3.42. The van der Waals surface area contributed by atoms with Crippen LogP contribution in [0.5, 0.6) is 0 Å². The summed E-state index contributed by atoms with van der Waals surface area (Å²) >= 11 is 0. The van der Waals surface area contributed by atoms with Crippen LogP contribution >= 0.6 is 0 Å². The molecule has 0 spiro atoms. The van der Waals surface area contributed by atoms with E-state index in [9.17, 15) is 9.59 Å². The summed E-state index contributed by atoms with van der Waals surface area (Å²) in [5.74, 6) is 0.0581. The predicted molar refractivity (Wildman–Crippen MR) is 44.3 cm³/mol. The number of carbonyl (C=O) groups excluding carboxylic acids is 2. The second-order valence-electron chi connectivity index (χ2n) is 3.42. The van der Waals surface area contributed by atoms with Crippen LogP contribution in [0.2, 0.25) is 0 Å². The van der Waals surface area contributed by atoms with E-state index in [1.165, 1.54) is 0 Å². The molecule has 0 N–H and O–H groups in total. The molecule has 0 aromatic heterocycles. The van der Waals surface area contributed by atoms with E-state index in [0.29, 0.717) is 0 Å². The summed E-state index contributed by atoms with van der Waals surface area (Å²) < 4.78 is 0. The molecule has 0 saturated heterocycles. The number of carbonyl (C=O) groups is 2. The van der Waals surface area contributed by atoms with Crippen LogP contribution in [0.25, 0.3) is 0 Å². The molecule has 0 aliphatic heterocycles. The molecule has 0 saturated carbocycles. The van der Waals surface area contributed by atoms with Gasteiger partial charge in [0.1, 0.15) is 11.6 Å². The zero-order chi connectivity index (χ0) is 9.02. The van der Waals surface area contributed by atoms with E-state index in [4.69, 9.17) is 0 Å². The molecule has 0 amide bonds. The quantitative estimate of drug-likeness (QED) is 0.742. The molecule has 0 aliphatic rings. The van der Waals surface area contributed by atoms with Crippen molar-refractivity contribution in [3.63, 3.8) is 0 Å². The SMILES string of the molecule is CC(C)C(=O)CC(=O)C(C)C.[Tb]. The molecule has 12 heavy (non-hydrogen) atoms. The smallest absolute Gasteiger partial charge is 0.142 e. The average Bonchev–Trinajstić information content (AvgIpc) is 1.87. The van der Waals surface area contributed by atoms with E-state index < -0.39 is 0 Å². The molecule has 0 fully saturated rings. The Bertz CT molecular complexity index is 144. The minimum Gasteiger partial charge on any atom is -0.299 e. The van der Waals surface area contributed by atoms with Gasteiger partial charge in [0.15, 0.2) is 0 Å². The molecule has 0 rings (SSSR count). The van der Waals surface area contributed by atoms with Gasteiger partial charge < -0.3 is 0 Å². The maximum atomic E-state index is 11.0. The molecule has 2 nitrogen and oxygen atoms in total. The normalized spacial score (nSPS) is 9.83. The van der Waals surface area contributed by atoms with Crippen molar-refractivity contribution >= 4 is 11.6 Å². The van der Waals surface area contributed by atoms with Gasteiger partial charge in [-0.2, -0.15) is 0 Å². The summed E-state index contributed by atoms with van der Waals surface area (Å²) in [6, 6.07) is 0. The molecule has 0 aliphatic carbocycles. The Balaban J connectivity index is 0. The zero-order valence-electron chi connectivity index (χ0n) is 8.01. The van der Waals surface area contributed by atoms with Gasteiger partial charge in [-0.05, 0) is 0 Å². The van der Waals surface area contributed by atoms with E-state index in [1.807, 2.05) is 27.7 Å². The summed E-state index contributed by atoms with van der Waals surface area (Å²) in [6.45, 7) is 7.26. The van der Waals surface area contributed by atoms with Gasteiger partial charge in [-0.25, -0.2) is 0 Å². The van der Waals surface area contributed by atoms with Crippen LogP contribution < -0.4 is 0 Å². The van der Waals surface area contributed by atoms with Crippen molar-refractivity contribution in [1.82, 2.24) is 0 Å². The van der Waals surface area contributed by atoms with Crippen molar-refractivity contribution < 1.29 is 48.2 Å². The van der Waals surface area contributed by atoms with Gasteiger partial charge in [-0.3, -0.25) is 9.59 Å². The van der Waals surface area contributed by atoms with E-state index in [0.717, 1.165) is 0 Å². The molecule has 0 heterocycles. The third kappa shape index (κ3) is 6.18. The number of ketones is 2. The van der Waals surface area contributed by atoms with Gasteiger partial charge in [0.2, 0.25) is 0 Å². The van der Waals surface area contributed by atoms with Gasteiger partial charge in [-0.15, -0.1) is 0 Å². The van der Waals surface area contributed by atoms with Crippen LogP contribution in [-0.4, -0.2) is 11.6 Å². The van der Waals surface area contributed by atoms with Crippen molar-refractivity contribution in [2.45, 2.75) is 34.1 Å². The minimum atomic E-state index is -0.0160. The first kappa shape index (κ1) is 15.1. The maximum Gasteiger partial charge on any atom is 0.142 e. The van der Waals surface area contributed by atoms with Crippen LogP contribution in [0, 0.1) is 50.4 Å². The topological polar surface area (TPSA) is 34.1 Å². The molecule has 1 radical (unpaired) electrons. The van der Waals surface area contributed by atoms with Crippen LogP contribution in [0.15, 0.2) is 0 Å². The summed E-state index contributed by atoms with van der Waals surface area (Å²) in [7, 11) is 0. The summed E-state index contributed by atoms with van der Waals surface area (Å²) in [5, 5.41) is 0. The van der Waals surface area contributed by atoms with Crippen LogP contribution in [-0.2, 0) is 9.59 Å². The maximum absolute atomic E-state index is 11.0. The van der Waals surface area contributed by atoms with Crippen LogP contribution in [0.4, 0.5) is 0 Å². The Kier molecular flexibility index (Phi) is 8.90. The van der Waals surface area contributed by atoms with Crippen molar-refractivity contribution in [3.8, 4) is 0 Å². The third-order valence-electron chi connectivity index (χ3n) is 1.64. The van der Waals surface area contributed by atoms with E-state index in [2.05, 4.69) is 0 Å². The average molecular weight is 315 g/mol. The third-order valence-corrected chi connectivity index (χ3v) is 1.64. The standard InChI is InChI=1S/C9H16O2.Tb/c1-6(2)8(10)5-9(11)7(3)4;/h6-7H,5H2,1-4H3;. The first-order valence-corrected chi connectivity index (χ1v) is 4.00. The largest absolute Gasteiger partial charge is 0.299 e.